The van der Waals surface area contributed by atoms with E-state index in [1.807, 2.05) is 18.2 Å². The molecule has 0 saturated heterocycles. The number of alkyl halides is 1. The zero-order chi connectivity index (χ0) is 13.7. The highest BCUT2D eigenvalue weighted by Crippen LogP contribution is 2.30. The molecule has 1 aromatic carbocycles. The summed E-state index contributed by atoms with van der Waals surface area (Å²) in [5.41, 5.74) is 1.05. The third-order valence-electron chi connectivity index (χ3n) is 2.73. The Labute approximate surface area is 117 Å². The zero-order valence-electron chi connectivity index (χ0n) is 10.8. The molecule has 5 heteroatoms. The van der Waals surface area contributed by atoms with Crippen LogP contribution in [0.25, 0.3) is 0 Å². The largest absolute Gasteiger partial charge is 0.493 e. The molecule has 1 aromatic heterocycles. The lowest BCUT2D eigenvalue weighted by atomic mass is 10.1. The van der Waals surface area contributed by atoms with Crippen molar-refractivity contribution in [3.63, 3.8) is 0 Å². The number of nitrogens with zero attached hydrogens (tertiary/aromatic N) is 2. The van der Waals surface area contributed by atoms with Crippen molar-refractivity contribution in [3.05, 3.63) is 48.0 Å². The van der Waals surface area contributed by atoms with Gasteiger partial charge in [-0.15, -0.1) is 11.6 Å². The summed E-state index contributed by atoms with van der Waals surface area (Å²) in [6.45, 7) is 0. The van der Waals surface area contributed by atoms with Gasteiger partial charge in [-0.05, 0) is 30.2 Å². The van der Waals surface area contributed by atoms with E-state index in [2.05, 4.69) is 9.97 Å². The van der Waals surface area contributed by atoms with Crippen LogP contribution in [0.15, 0.2) is 36.7 Å². The van der Waals surface area contributed by atoms with Crippen molar-refractivity contribution in [2.24, 2.45) is 0 Å². The van der Waals surface area contributed by atoms with E-state index in [0.717, 1.165) is 5.56 Å². The van der Waals surface area contributed by atoms with Crippen LogP contribution in [-0.4, -0.2) is 24.2 Å². The summed E-state index contributed by atoms with van der Waals surface area (Å²) in [7, 11) is 3.22. The highest BCUT2D eigenvalue weighted by atomic mass is 35.5. The average Bonchev–Trinajstić information content (AvgIpc) is 2.48. The molecule has 0 amide bonds. The molecule has 2 rings (SSSR count). The number of hydrogen-bond acceptors (Lipinski definition) is 4. The number of methoxy groups -OCH3 is 2. The number of ether oxygens (including phenoxy) is 2. The second-order valence-corrected chi connectivity index (χ2v) is 4.49. The van der Waals surface area contributed by atoms with Crippen LogP contribution < -0.4 is 9.47 Å². The smallest absolute Gasteiger partial charge is 0.160 e. The molecule has 1 unspecified atom stereocenters. The maximum absolute atomic E-state index is 6.31. The van der Waals surface area contributed by atoms with E-state index in [0.29, 0.717) is 23.7 Å². The number of aromatic nitrogens is 2. The molecule has 100 valence electrons. The molecule has 0 spiro atoms. The molecule has 0 bridgehead atoms. The predicted octanol–water partition coefficient (Wildman–Crippen LogP) is 3.02. The molecular weight excluding hydrogens is 264 g/mol. The average molecular weight is 279 g/mol. The summed E-state index contributed by atoms with van der Waals surface area (Å²) in [6.07, 6.45) is 4.00. The molecule has 0 aliphatic rings. The fourth-order valence-corrected chi connectivity index (χ4v) is 2.07. The molecule has 1 heterocycles. The minimum atomic E-state index is -0.265. The van der Waals surface area contributed by atoms with Crippen molar-refractivity contribution in [3.8, 4) is 11.5 Å². The molecule has 0 saturated carbocycles. The lowest BCUT2D eigenvalue weighted by molar-refractivity contribution is 0.354. The minimum Gasteiger partial charge on any atom is -0.493 e. The SMILES string of the molecule is COc1ccc(CC(Cl)c2ncccn2)cc1OC. The van der Waals surface area contributed by atoms with Gasteiger partial charge in [-0.25, -0.2) is 9.97 Å². The maximum Gasteiger partial charge on any atom is 0.160 e. The zero-order valence-corrected chi connectivity index (χ0v) is 11.6. The van der Waals surface area contributed by atoms with Gasteiger partial charge in [-0.2, -0.15) is 0 Å². The van der Waals surface area contributed by atoms with E-state index >= 15 is 0 Å². The van der Waals surface area contributed by atoms with Crippen molar-refractivity contribution >= 4 is 11.6 Å². The van der Waals surface area contributed by atoms with Gasteiger partial charge < -0.3 is 9.47 Å². The van der Waals surface area contributed by atoms with Gasteiger partial charge in [0.1, 0.15) is 5.82 Å². The summed E-state index contributed by atoms with van der Waals surface area (Å²) in [6, 6.07) is 7.50. The Bertz CT molecular complexity index is 534. The summed E-state index contributed by atoms with van der Waals surface area (Å²) in [5, 5.41) is -0.265. The first-order valence-corrected chi connectivity index (χ1v) is 6.30. The van der Waals surface area contributed by atoms with E-state index in [4.69, 9.17) is 21.1 Å². The van der Waals surface area contributed by atoms with E-state index in [-0.39, 0.29) is 5.38 Å². The number of hydrogen-bond donors (Lipinski definition) is 0. The molecule has 4 nitrogen and oxygen atoms in total. The second-order valence-electron chi connectivity index (χ2n) is 3.97. The van der Waals surface area contributed by atoms with Crippen LogP contribution in [0.4, 0.5) is 0 Å². The molecule has 2 aromatic rings. The topological polar surface area (TPSA) is 44.2 Å². The Morgan fingerprint density at radius 3 is 2.42 bits per heavy atom. The van der Waals surface area contributed by atoms with Crippen LogP contribution in [0.5, 0.6) is 11.5 Å². The fraction of sp³-hybridized carbons (Fsp3) is 0.286. The van der Waals surface area contributed by atoms with Gasteiger partial charge in [0.2, 0.25) is 0 Å². The van der Waals surface area contributed by atoms with Gasteiger partial charge in [0, 0.05) is 12.4 Å². The predicted molar refractivity (Wildman–Crippen MR) is 73.9 cm³/mol. The number of halogens is 1. The van der Waals surface area contributed by atoms with Gasteiger partial charge in [0.25, 0.3) is 0 Å². The van der Waals surface area contributed by atoms with E-state index < -0.39 is 0 Å². The van der Waals surface area contributed by atoms with Crippen molar-refractivity contribution in [1.29, 1.82) is 0 Å². The molecule has 1 atom stereocenters. The first-order chi connectivity index (χ1) is 9.24. The van der Waals surface area contributed by atoms with Crippen molar-refractivity contribution in [2.75, 3.05) is 14.2 Å². The van der Waals surface area contributed by atoms with Gasteiger partial charge in [0.15, 0.2) is 11.5 Å². The first-order valence-electron chi connectivity index (χ1n) is 5.86. The molecule has 0 aliphatic carbocycles. The van der Waals surface area contributed by atoms with E-state index in [9.17, 15) is 0 Å². The van der Waals surface area contributed by atoms with E-state index in [1.54, 1.807) is 32.7 Å². The normalized spacial score (nSPS) is 11.9. The Balaban J connectivity index is 2.15. The standard InChI is InChI=1S/C14H15ClN2O2/c1-18-12-5-4-10(9-13(12)19-2)8-11(15)14-16-6-3-7-17-14/h3-7,9,11H,8H2,1-2H3. The lowest BCUT2D eigenvalue weighted by Gasteiger charge is -2.11. The maximum atomic E-state index is 6.31. The van der Waals surface area contributed by atoms with Gasteiger partial charge in [-0.1, -0.05) is 6.07 Å². The van der Waals surface area contributed by atoms with Crippen LogP contribution in [0.2, 0.25) is 0 Å². The van der Waals surface area contributed by atoms with Crippen LogP contribution in [0.1, 0.15) is 16.8 Å². The molecule has 0 fully saturated rings. The monoisotopic (exact) mass is 278 g/mol. The molecule has 0 N–H and O–H groups in total. The Morgan fingerprint density at radius 1 is 1.11 bits per heavy atom. The summed E-state index contributed by atoms with van der Waals surface area (Å²) in [5.74, 6) is 2.02. The summed E-state index contributed by atoms with van der Waals surface area (Å²) >= 11 is 6.31. The molecule has 0 radical (unpaired) electrons. The minimum absolute atomic E-state index is 0.265. The number of benzene rings is 1. The Morgan fingerprint density at radius 2 is 1.79 bits per heavy atom. The summed E-state index contributed by atoms with van der Waals surface area (Å²) < 4.78 is 10.5. The third kappa shape index (κ3) is 3.35. The second kappa shape index (κ2) is 6.38. The molecule has 19 heavy (non-hydrogen) atoms. The van der Waals surface area contributed by atoms with Gasteiger partial charge in [-0.3, -0.25) is 0 Å². The quantitative estimate of drug-likeness (QED) is 0.789. The van der Waals surface area contributed by atoms with Crippen molar-refractivity contribution in [2.45, 2.75) is 11.8 Å². The third-order valence-corrected chi connectivity index (χ3v) is 3.08. The van der Waals surface area contributed by atoms with Crippen molar-refractivity contribution in [1.82, 2.24) is 9.97 Å². The van der Waals surface area contributed by atoms with E-state index in [1.165, 1.54) is 0 Å². The highest BCUT2D eigenvalue weighted by Gasteiger charge is 2.13. The number of rotatable bonds is 5. The van der Waals surface area contributed by atoms with Crippen LogP contribution in [0.3, 0.4) is 0 Å². The fourth-order valence-electron chi connectivity index (χ4n) is 1.78. The molecular formula is C14H15ClN2O2. The van der Waals surface area contributed by atoms with Gasteiger partial charge >= 0.3 is 0 Å². The Hall–Kier alpha value is -1.81. The van der Waals surface area contributed by atoms with Crippen LogP contribution in [0, 0.1) is 0 Å². The first kappa shape index (κ1) is 13.6. The van der Waals surface area contributed by atoms with Crippen molar-refractivity contribution < 1.29 is 9.47 Å². The summed E-state index contributed by atoms with van der Waals surface area (Å²) in [4.78, 5) is 8.30. The Kier molecular flexibility index (Phi) is 4.58. The molecule has 0 aliphatic heterocycles. The van der Waals surface area contributed by atoms with Crippen LogP contribution in [-0.2, 0) is 6.42 Å². The van der Waals surface area contributed by atoms with Gasteiger partial charge in [0.05, 0.1) is 19.6 Å². The highest BCUT2D eigenvalue weighted by molar-refractivity contribution is 6.20. The lowest BCUT2D eigenvalue weighted by Crippen LogP contribution is -2.01. The van der Waals surface area contributed by atoms with Crippen LogP contribution >= 0.6 is 11.6 Å².